The summed E-state index contributed by atoms with van der Waals surface area (Å²) in [5, 5.41) is 0. The molecule has 7 heteroatoms. The lowest BCUT2D eigenvalue weighted by Crippen LogP contribution is -2.50. The zero-order chi connectivity index (χ0) is 15.4. The largest absolute Gasteiger partial charge is 0.435 e. The van der Waals surface area contributed by atoms with Crippen LogP contribution in [0.3, 0.4) is 0 Å². The fourth-order valence-electron chi connectivity index (χ4n) is 2.19. The molecule has 0 spiro atoms. The number of ether oxygens (including phenoxy) is 1. The van der Waals surface area contributed by atoms with E-state index in [0.29, 0.717) is 31.7 Å². The van der Waals surface area contributed by atoms with E-state index in [1.165, 1.54) is 31.2 Å². The summed E-state index contributed by atoms with van der Waals surface area (Å²) in [4.78, 5) is 26.8. The van der Waals surface area contributed by atoms with Gasteiger partial charge in [0.2, 0.25) is 5.91 Å². The average Bonchev–Trinajstić information content (AvgIpc) is 2.47. The molecule has 2 rings (SSSR count). The summed E-state index contributed by atoms with van der Waals surface area (Å²) < 4.78 is 28.3. The fraction of sp³-hybridized carbons (Fsp3) is 0.429. The van der Waals surface area contributed by atoms with Crippen LogP contribution in [0.4, 0.5) is 8.78 Å². The summed E-state index contributed by atoms with van der Waals surface area (Å²) in [6.07, 6.45) is 0. The van der Waals surface area contributed by atoms with Crippen molar-refractivity contribution in [2.75, 3.05) is 26.2 Å². The Morgan fingerprint density at radius 2 is 1.57 bits per heavy atom. The minimum absolute atomic E-state index is 0.00407. The van der Waals surface area contributed by atoms with E-state index >= 15 is 0 Å². The number of alkyl halides is 2. The van der Waals surface area contributed by atoms with E-state index in [4.69, 9.17) is 0 Å². The number of halogens is 2. The summed E-state index contributed by atoms with van der Waals surface area (Å²) >= 11 is 0. The molecule has 0 N–H and O–H groups in total. The van der Waals surface area contributed by atoms with Crippen LogP contribution in [0, 0.1) is 0 Å². The number of hydrogen-bond donors (Lipinski definition) is 0. The van der Waals surface area contributed by atoms with Crippen LogP contribution >= 0.6 is 0 Å². The molecule has 2 amide bonds. The maximum absolute atomic E-state index is 12.2. The molecule has 0 atom stereocenters. The van der Waals surface area contributed by atoms with Gasteiger partial charge in [-0.2, -0.15) is 8.78 Å². The van der Waals surface area contributed by atoms with Gasteiger partial charge in [-0.05, 0) is 24.3 Å². The number of hydrogen-bond acceptors (Lipinski definition) is 3. The predicted octanol–water partition coefficient (Wildman–Crippen LogP) is 1.59. The molecule has 0 saturated carbocycles. The molecule has 1 saturated heterocycles. The van der Waals surface area contributed by atoms with Crippen LogP contribution in [0.15, 0.2) is 24.3 Å². The first-order valence-electron chi connectivity index (χ1n) is 6.57. The van der Waals surface area contributed by atoms with Crippen LogP contribution in [0.25, 0.3) is 0 Å². The van der Waals surface area contributed by atoms with Crippen molar-refractivity contribution in [3.05, 3.63) is 29.8 Å². The second-order valence-electron chi connectivity index (χ2n) is 4.70. The van der Waals surface area contributed by atoms with Crippen molar-refractivity contribution in [1.82, 2.24) is 9.80 Å². The molecule has 0 unspecified atom stereocenters. The van der Waals surface area contributed by atoms with Gasteiger partial charge in [0.25, 0.3) is 5.91 Å². The van der Waals surface area contributed by atoms with Crippen molar-refractivity contribution in [3.63, 3.8) is 0 Å². The monoisotopic (exact) mass is 298 g/mol. The maximum atomic E-state index is 12.2. The first-order valence-corrected chi connectivity index (χ1v) is 6.57. The Morgan fingerprint density at radius 3 is 2.05 bits per heavy atom. The highest BCUT2D eigenvalue weighted by Gasteiger charge is 2.23. The summed E-state index contributed by atoms with van der Waals surface area (Å²) in [7, 11) is 0. The highest BCUT2D eigenvalue weighted by atomic mass is 19.3. The molecule has 114 valence electrons. The molecular formula is C14H16F2N2O3. The minimum Gasteiger partial charge on any atom is -0.435 e. The zero-order valence-corrected chi connectivity index (χ0v) is 11.6. The Hall–Kier alpha value is -2.18. The molecule has 0 aromatic heterocycles. The first-order chi connectivity index (χ1) is 9.97. The molecule has 1 heterocycles. The lowest BCUT2D eigenvalue weighted by atomic mass is 10.1. The summed E-state index contributed by atoms with van der Waals surface area (Å²) in [5.41, 5.74) is 0.410. The van der Waals surface area contributed by atoms with Gasteiger partial charge >= 0.3 is 6.61 Å². The smallest absolute Gasteiger partial charge is 0.387 e. The standard InChI is InChI=1S/C14H16F2N2O3/c1-10(19)17-6-8-18(9-7-17)13(20)11-2-4-12(5-3-11)21-14(15)16/h2-5,14H,6-9H2,1H3. The normalized spacial score (nSPS) is 15.2. The third kappa shape index (κ3) is 3.90. The Kier molecular flexibility index (Phi) is 4.72. The number of rotatable bonds is 3. The molecule has 21 heavy (non-hydrogen) atoms. The van der Waals surface area contributed by atoms with E-state index in [2.05, 4.69) is 4.74 Å². The fourth-order valence-corrected chi connectivity index (χ4v) is 2.19. The Morgan fingerprint density at radius 1 is 1.05 bits per heavy atom. The van der Waals surface area contributed by atoms with Gasteiger partial charge < -0.3 is 14.5 Å². The number of nitrogens with zero attached hydrogens (tertiary/aromatic N) is 2. The van der Waals surface area contributed by atoms with Crippen molar-refractivity contribution in [1.29, 1.82) is 0 Å². The van der Waals surface area contributed by atoms with Gasteiger partial charge in [-0.3, -0.25) is 9.59 Å². The van der Waals surface area contributed by atoms with Gasteiger partial charge in [0.05, 0.1) is 0 Å². The van der Waals surface area contributed by atoms with E-state index in [-0.39, 0.29) is 17.6 Å². The quantitative estimate of drug-likeness (QED) is 0.851. The summed E-state index contributed by atoms with van der Waals surface area (Å²) in [6.45, 7) is 0.563. The zero-order valence-electron chi connectivity index (χ0n) is 11.6. The average molecular weight is 298 g/mol. The van der Waals surface area contributed by atoms with Crippen LogP contribution in [0.2, 0.25) is 0 Å². The highest BCUT2D eigenvalue weighted by Crippen LogP contribution is 2.16. The van der Waals surface area contributed by atoms with E-state index in [1.807, 2.05) is 0 Å². The number of benzene rings is 1. The molecule has 1 aromatic rings. The number of carbonyl (C=O) groups is 2. The molecule has 1 aliphatic heterocycles. The third-order valence-corrected chi connectivity index (χ3v) is 3.34. The van der Waals surface area contributed by atoms with Crippen LogP contribution in [0.5, 0.6) is 5.75 Å². The Labute approximate surface area is 121 Å². The van der Waals surface area contributed by atoms with Gasteiger partial charge in [-0.25, -0.2) is 0 Å². The van der Waals surface area contributed by atoms with Crippen LogP contribution in [0.1, 0.15) is 17.3 Å². The van der Waals surface area contributed by atoms with E-state index in [9.17, 15) is 18.4 Å². The number of amides is 2. The van der Waals surface area contributed by atoms with Gasteiger partial charge in [0.1, 0.15) is 5.75 Å². The topological polar surface area (TPSA) is 49.9 Å². The Balaban J connectivity index is 1.96. The molecule has 5 nitrogen and oxygen atoms in total. The predicted molar refractivity (Wildman–Crippen MR) is 71.2 cm³/mol. The van der Waals surface area contributed by atoms with Gasteiger partial charge in [0, 0.05) is 38.7 Å². The number of piperazine rings is 1. The van der Waals surface area contributed by atoms with E-state index in [1.54, 1.807) is 9.80 Å². The summed E-state index contributed by atoms with van der Waals surface area (Å²) in [6, 6.07) is 5.59. The van der Waals surface area contributed by atoms with Gasteiger partial charge in [-0.15, -0.1) is 0 Å². The van der Waals surface area contributed by atoms with Crippen molar-refractivity contribution in [2.45, 2.75) is 13.5 Å². The molecule has 1 fully saturated rings. The van der Waals surface area contributed by atoms with Crippen LogP contribution < -0.4 is 4.74 Å². The Bertz CT molecular complexity index is 511. The van der Waals surface area contributed by atoms with Crippen molar-refractivity contribution < 1.29 is 23.1 Å². The highest BCUT2D eigenvalue weighted by molar-refractivity contribution is 5.94. The van der Waals surface area contributed by atoms with Crippen LogP contribution in [-0.2, 0) is 4.79 Å². The molecule has 1 aliphatic rings. The third-order valence-electron chi connectivity index (χ3n) is 3.34. The second-order valence-corrected chi connectivity index (χ2v) is 4.70. The SMILES string of the molecule is CC(=O)N1CCN(C(=O)c2ccc(OC(F)F)cc2)CC1. The van der Waals surface area contributed by atoms with Crippen LogP contribution in [-0.4, -0.2) is 54.4 Å². The lowest BCUT2D eigenvalue weighted by molar-refractivity contribution is -0.130. The molecular weight excluding hydrogens is 282 g/mol. The van der Waals surface area contributed by atoms with Crippen molar-refractivity contribution in [2.24, 2.45) is 0 Å². The van der Waals surface area contributed by atoms with Crippen molar-refractivity contribution in [3.8, 4) is 5.75 Å². The second kappa shape index (κ2) is 6.51. The summed E-state index contributed by atoms with van der Waals surface area (Å²) in [5.74, 6) is -0.166. The van der Waals surface area contributed by atoms with E-state index < -0.39 is 6.61 Å². The van der Waals surface area contributed by atoms with Gasteiger partial charge in [-0.1, -0.05) is 0 Å². The van der Waals surface area contributed by atoms with Crippen molar-refractivity contribution >= 4 is 11.8 Å². The lowest BCUT2D eigenvalue weighted by Gasteiger charge is -2.34. The maximum Gasteiger partial charge on any atom is 0.387 e. The molecule has 0 bridgehead atoms. The number of carbonyl (C=O) groups excluding carboxylic acids is 2. The van der Waals surface area contributed by atoms with E-state index in [0.717, 1.165) is 0 Å². The first kappa shape index (κ1) is 15.2. The van der Waals surface area contributed by atoms with Gasteiger partial charge in [0.15, 0.2) is 0 Å². The molecule has 0 aliphatic carbocycles. The minimum atomic E-state index is -2.88. The molecule has 1 aromatic carbocycles. The molecule has 0 radical (unpaired) electrons.